The molecule has 0 saturated carbocycles. The first-order valence-electron chi connectivity index (χ1n) is 6.22. The van der Waals surface area contributed by atoms with Crippen molar-refractivity contribution in [2.75, 3.05) is 6.54 Å². The van der Waals surface area contributed by atoms with E-state index in [2.05, 4.69) is 6.07 Å². The fraction of sp³-hybridized carbons (Fsp3) is 0.188. The Kier molecular flexibility index (Phi) is 4.54. The Bertz CT molecular complexity index is 570. The molecule has 2 aromatic rings. The van der Waals surface area contributed by atoms with Crippen molar-refractivity contribution in [3.05, 3.63) is 65.2 Å². The zero-order valence-electron chi connectivity index (χ0n) is 10.7. The predicted octanol–water partition coefficient (Wildman–Crippen LogP) is 2.64. The molecule has 0 heterocycles. The molecule has 0 saturated heterocycles. The van der Waals surface area contributed by atoms with Gasteiger partial charge in [-0.1, -0.05) is 24.3 Å². The quantitative estimate of drug-likeness (QED) is 0.890. The number of nitriles is 1. The van der Waals surface area contributed by atoms with Gasteiger partial charge in [0.15, 0.2) is 0 Å². The zero-order chi connectivity index (χ0) is 13.5. The van der Waals surface area contributed by atoms with Crippen LogP contribution in [0.2, 0.25) is 0 Å². The van der Waals surface area contributed by atoms with Gasteiger partial charge in [0.05, 0.1) is 11.6 Å². The van der Waals surface area contributed by atoms with Crippen LogP contribution in [0.15, 0.2) is 48.5 Å². The average molecular weight is 252 g/mol. The highest BCUT2D eigenvalue weighted by Gasteiger charge is 1.98. The summed E-state index contributed by atoms with van der Waals surface area (Å²) in [5.74, 6) is 0.843. The van der Waals surface area contributed by atoms with Crippen molar-refractivity contribution in [3.63, 3.8) is 0 Å². The second kappa shape index (κ2) is 6.58. The summed E-state index contributed by atoms with van der Waals surface area (Å²) >= 11 is 0. The van der Waals surface area contributed by atoms with E-state index < -0.39 is 0 Å². The molecule has 0 aliphatic heterocycles. The van der Waals surface area contributed by atoms with E-state index in [0.29, 0.717) is 18.7 Å². The van der Waals surface area contributed by atoms with Crippen LogP contribution in [-0.4, -0.2) is 6.54 Å². The smallest absolute Gasteiger partial charge is 0.120 e. The molecule has 0 bridgehead atoms. The first-order chi connectivity index (χ1) is 9.31. The fourth-order valence-electron chi connectivity index (χ4n) is 1.80. The minimum atomic E-state index is 0.498. The molecule has 0 spiro atoms. The highest BCUT2D eigenvalue weighted by Crippen LogP contribution is 2.15. The van der Waals surface area contributed by atoms with E-state index in [1.165, 1.54) is 5.56 Å². The Balaban J connectivity index is 1.97. The van der Waals surface area contributed by atoms with Crippen LogP contribution in [0.3, 0.4) is 0 Å². The van der Waals surface area contributed by atoms with Crippen LogP contribution in [0.4, 0.5) is 0 Å². The number of nitrogens with zero attached hydrogens (tertiary/aromatic N) is 1. The lowest BCUT2D eigenvalue weighted by molar-refractivity contribution is 0.306. The maximum absolute atomic E-state index is 8.73. The fourth-order valence-corrected chi connectivity index (χ4v) is 1.80. The van der Waals surface area contributed by atoms with E-state index >= 15 is 0 Å². The lowest BCUT2D eigenvalue weighted by atomic mass is 10.1. The molecule has 0 radical (unpaired) electrons. The van der Waals surface area contributed by atoms with E-state index in [0.717, 1.165) is 17.7 Å². The average Bonchev–Trinajstić information content (AvgIpc) is 2.46. The maximum Gasteiger partial charge on any atom is 0.120 e. The molecule has 2 N–H and O–H groups in total. The van der Waals surface area contributed by atoms with Crippen molar-refractivity contribution >= 4 is 0 Å². The Morgan fingerprint density at radius 1 is 1.05 bits per heavy atom. The molecule has 0 fully saturated rings. The summed E-state index contributed by atoms with van der Waals surface area (Å²) in [5.41, 5.74) is 8.42. The van der Waals surface area contributed by atoms with E-state index in [1.807, 2.05) is 36.4 Å². The van der Waals surface area contributed by atoms with Gasteiger partial charge in [-0.3, -0.25) is 0 Å². The molecule has 0 unspecified atom stereocenters. The van der Waals surface area contributed by atoms with E-state index in [1.54, 1.807) is 12.1 Å². The van der Waals surface area contributed by atoms with Gasteiger partial charge in [-0.15, -0.1) is 0 Å². The number of hydrogen-bond donors (Lipinski definition) is 1. The summed E-state index contributed by atoms with van der Waals surface area (Å²) < 4.78 is 5.73. The van der Waals surface area contributed by atoms with Crippen molar-refractivity contribution in [2.45, 2.75) is 13.0 Å². The van der Waals surface area contributed by atoms with E-state index in [-0.39, 0.29) is 0 Å². The number of rotatable bonds is 5. The minimum absolute atomic E-state index is 0.498. The molecule has 0 amide bonds. The van der Waals surface area contributed by atoms with Crippen LogP contribution < -0.4 is 10.5 Å². The van der Waals surface area contributed by atoms with Gasteiger partial charge >= 0.3 is 0 Å². The summed E-state index contributed by atoms with van der Waals surface area (Å²) in [7, 11) is 0. The Labute approximate surface area is 113 Å². The van der Waals surface area contributed by atoms with Crippen LogP contribution in [0, 0.1) is 11.3 Å². The second-order valence-corrected chi connectivity index (χ2v) is 4.28. The van der Waals surface area contributed by atoms with Gasteiger partial charge in [0.1, 0.15) is 12.4 Å². The lowest BCUT2D eigenvalue weighted by Crippen LogP contribution is -2.03. The summed E-state index contributed by atoms with van der Waals surface area (Å²) in [6.45, 7) is 1.14. The molecule has 2 aromatic carbocycles. The van der Waals surface area contributed by atoms with E-state index in [9.17, 15) is 0 Å². The van der Waals surface area contributed by atoms with Crippen LogP contribution in [0.25, 0.3) is 0 Å². The first-order valence-corrected chi connectivity index (χ1v) is 6.22. The number of nitrogens with two attached hydrogens (primary N) is 1. The molecular formula is C16H16N2O. The molecule has 0 aliphatic rings. The lowest BCUT2D eigenvalue weighted by Gasteiger charge is -2.08. The monoisotopic (exact) mass is 252 g/mol. The highest BCUT2D eigenvalue weighted by molar-refractivity contribution is 5.32. The highest BCUT2D eigenvalue weighted by atomic mass is 16.5. The minimum Gasteiger partial charge on any atom is -0.489 e. The molecule has 0 aromatic heterocycles. The van der Waals surface area contributed by atoms with Crippen LogP contribution in [-0.2, 0) is 13.0 Å². The van der Waals surface area contributed by atoms with Crippen molar-refractivity contribution in [3.8, 4) is 11.8 Å². The third-order valence-electron chi connectivity index (χ3n) is 2.82. The van der Waals surface area contributed by atoms with Gasteiger partial charge < -0.3 is 10.5 Å². The number of benzene rings is 2. The molecule has 96 valence electrons. The molecular weight excluding hydrogens is 236 g/mol. The molecule has 2 rings (SSSR count). The molecule has 0 atom stereocenters. The SMILES string of the molecule is N#Cc1ccc(COc2cccc(CCN)c2)cc1. The van der Waals surface area contributed by atoms with Gasteiger partial charge in [-0.25, -0.2) is 0 Å². The second-order valence-electron chi connectivity index (χ2n) is 4.28. The Morgan fingerprint density at radius 3 is 2.53 bits per heavy atom. The summed E-state index contributed by atoms with van der Waals surface area (Å²) in [6.07, 6.45) is 0.855. The third kappa shape index (κ3) is 3.84. The van der Waals surface area contributed by atoms with Crippen LogP contribution >= 0.6 is 0 Å². The molecule has 0 aliphatic carbocycles. The number of hydrogen-bond acceptors (Lipinski definition) is 3. The van der Waals surface area contributed by atoms with Crippen molar-refractivity contribution in [1.82, 2.24) is 0 Å². The molecule has 3 nitrogen and oxygen atoms in total. The van der Waals surface area contributed by atoms with Gasteiger partial charge in [0, 0.05) is 0 Å². The summed E-state index contributed by atoms with van der Waals surface area (Å²) in [5, 5.41) is 8.73. The van der Waals surface area contributed by atoms with Crippen molar-refractivity contribution < 1.29 is 4.74 Å². The summed E-state index contributed by atoms with van der Waals surface area (Å²) in [4.78, 5) is 0. The van der Waals surface area contributed by atoms with Crippen molar-refractivity contribution in [2.24, 2.45) is 5.73 Å². The van der Waals surface area contributed by atoms with E-state index in [4.69, 9.17) is 15.7 Å². The summed E-state index contributed by atoms with van der Waals surface area (Å²) in [6, 6.07) is 17.5. The normalized spacial score (nSPS) is 9.89. The van der Waals surface area contributed by atoms with Crippen LogP contribution in [0.1, 0.15) is 16.7 Å². The molecule has 19 heavy (non-hydrogen) atoms. The van der Waals surface area contributed by atoms with Gasteiger partial charge in [0.2, 0.25) is 0 Å². The molecule has 3 heteroatoms. The van der Waals surface area contributed by atoms with Crippen molar-refractivity contribution in [1.29, 1.82) is 5.26 Å². The predicted molar refractivity (Wildman–Crippen MR) is 74.7 cm³/mol. The van der Waals surface area contributed by atoms with Crippen LogP contribution in [0.5, 0.6) is 5.75 Å². The maximum atomic E-state index is 8.73. The third-order valence-corrected chi connectivity index (χ3v) is 2.82. The first kappa shape index (κ1) is 13.1. The van der Waals surface area contributed by atoms with Gasteiger partial charge in [-0.05, 0) is 48.4 Å². The largest absolute Gasteiger partial charge is 0.489 e. The zero-order valence-corrected chi connectivity index (χ0v) is 10.7. The topological polar surface area (TPSA) is 59.0 Å². The Hall–Kier alpha value is -2.31. The van der Waals surface area contributed by atoms with Gasteiger partial charge in [0.25, 0.3) is 0 Å². The van der Waals surface area contributed by atoms with Gasteiger partial charge in [-0.2, -0.15) is 5.26 Å². The Morgan fingerprint density at radius 2 is 1.84 bits per heavy atom. The number of ether oxygens (including phenoxy) is 1. The standard InChI is InChI=1S/C16H16N2O/c17-9-8-13-2-1-3-16(10-13)19-12-15-6-4-14(11-18)5-7-15/h1-7,10H,8-9,12,17H2.